The first-order chi connectivity index (χ1) is 9.15. The van der Waals surface area contributed by atoms with E-state index >= 15 is 0 Å². The van der Waals surface area contributed by atoms with E-state index in [4.69, 9.17) is 0 Å². The summed E-state index contributed by atoms with van der Waals surface area (Å²) in [6, 6.07) is 5.64. The number of para-hydroxylation sites is 1. The smallest absolute Gasteiger partial charge is 0.147 e. The number of rotatable bonds is 2. The van der Waals surface area contributed by atoms with Crippen LogP contribution in [0.5, 0.6) is 0 Å². The van der Waals surface area contributed by atoms with Crippen molar-refractivity contribution < 1.29 is 4.39 Å². The van der Waals surface area contributed by atoms with Gasteiger partial charge in [-0.1, -0.05) is 12.1 Å². The summed E-state index contributed by atoms with van der Waals surface area (Å²) in [5, 5.41) is 4.50. The second kappa shape index (κ2) is 5.23. The molecule has 1 aromatic heterocycles. The third-order valence-electron chi connectivity index (χ3n) is 3.75. The van der Waals surface area contributed by atoms with Crippen molar-refractivity contribution in [3.8, 4) is 0 Å². The Kier molecular flexibility index (Phi) is 3.60. The summed E-state index contributed by atoms with van der Waals surface area (Å²) < 4.78 is 14.6. The van der Waals surface area contributed by atoms with E-state index in [0.29, 0.717) is 11.6 Å². The second-order valence-corrected chi connectivity index (χ2v) is 5.99. The van der Waals surface area contributed by atoms with Gasteiger partial charge < -0.3 is 15.2 Å². The molecule has 3 rings (SSSR count). The number of hydrogen-bond donors (Lipinski definition) is 2. The van der Waals surface area contributed by atoms with Gasteiger partial charge in [0.05, 0.1) is 10.1 Å². The zero-order valence-electron chi connectivity index (χ0n) is 10.8. The number of fused-ring (bicyclic) bond motifs is 1. The van der Waals surface area contributed by atoms with Gasteiger partial charge in [0.1, 0.15) is 5.82 Å². The van der Waals surface area contributed by atoms with E-state index in [2.05, 4.69) is 38.2 Å². The molecule has 1 unspecified atom stereocenters. The summed E-state index contributed by atoms with van der Waals surface area (Å²) in [5.74, 6) is -0.196. The number of halogens is 2. The van der Waals surface area contributed by atoms with E-state index in [1.54, 1.807) is 6.07 Å². The molecule has 0 spiro atoms. The lowest BCUT2D eigenvalue weighted by molar-refractivity contribution is 0.238. The van der Waals surface area contributed by atoms with Gasteiger partial charge in [0.25, 0.3) is 0 Å². The summed E-state index contributed by atoms with van der Waals surface area (Å²) in [4.78, 5) is 5.42. The molecule has 0 bridgehead atoms. The summed E-state index contributed by atoms with van der Waals surface area (Å²) in [5.41, 5.74) is 1.75. The average molecular weight is 326 g/mol. The molecule has 5 heteroatoms. The summed E-state index contributed by atoms with van der Waals surface area (Å²) >= 11 is 3.52. The molecule has 2 heterocycles. The molecule has 0 saturated carbocycles. The highest BCUT2D eigenvalue weighted by molar-refractivity contribution is 9.10. The fourth-order valence-electron chi connectivity index (χ4n) is 2.78. The van der Waals surface area contributed by atoms with E-state index in [-0.39, 0.29) is 5.82 Å². The van der Waals surface area contributed by atoms with Crippen LogP contribution in [0.3, 0.4) is 0 Å². The van der Waals surface area contributed by atoms with Crippen LogP contribution < -0.4 is 5.32 Å². The predicted octanol–water partition coefficient (Wildman–Crippen LogP) is 2.52. The summed E-state index contributed by atoms with van der Waals surface area (Å²) in [6.45, 7) is 3.12. The standard InChI is InChI=1S/C14H17BrFN3/c1-19-6-5-17-9(8-19)7-11-10-3-2-4-12(16)13(10)18-14(11)15/h2-4,9,17-18H,5-8H2,1H3. The minimum atomic E-state index is -0.196. The second-order valence-electron chi connectivity index (χ2n) is 5.20. The van der Waals surface area contributed by atoms with Crippen molar-refractivity contribution in [3.05, 3.63) is 34.2 Å². The molecule has 0 amide bonds. The summed E-state index contributed by atoms with van der Waals surface area (Å²) in [6.07, 6.45) is 0.897. The predicted molar refractivity (Wildman–Crippen MR) is 78.9 cm³/mol. The minimum Gasteiger partial charge on any atom is -0.347 e. The van der Waals surface area contributed by atoms with Crippen LogP contribution in [0.25, 0.3) is 10.9 Å². The van der Waals surface area contributed by atoms with Gasteiger partial charge in [0.2, 0.25) is 0 Å². The molecule has 3 nitrogen and oxygen atoms in total. The van der Waals surface area contributed by atoms with Crippen LogP contribution in [-0.2, 0) is 6.42 Å². The summed E-state index contributed by atoms with van der Waals surface area (Å²) in [7, 11) is 2.14. The average Bonchev–Trinajstić information content (AvgIpc) is 2.69. The lowest BCUT2D eigenvalue weighted by atomic mass is 10.0. The van der Waals surface area contributed by atoms with Gasteiger partial charge in [-0.2, -0.15) is 0 Å². The first kappa shape index (κ1) is 13.1. The van der Waals surface area contributed by atoms with Crippen molar-refractivity contribution in [2.75, 3.05) is 26.7 Å². The Hall–Kier alpha value is -0.910. The molecule has 1 aliphatic rings. The van der Waals surface area contributed by atoms with Crippen molar-refractivity contribution in [2.45, 2.75) is 12.5 Å². The fourth-order valence-corrected chi connectivity index (χ4v) is 3.35. The van der Waals surface area contributed by atoms with Crippen LogP contribution >= 0.6 is 15.9 Å². The molecule has 1 aliphatic heterocycles. The van der Waals surface area contributed by atoms with Crippen LogP contribution in [0.1, 0.15) is 5.56 Å². The molecule has 19 heavy (non-hydrogen) atoms. The van der Waals surface area contributed by atoms with E-state index in [1.165, 1.54) is 6.07 Å². The largest absolute Gasteiger partial charge is 0.347 e. The molecule has 1 aromatic carbocycles. The molecular formula is C14H17BrFN3. The number of aromatic nitrogens is 1. The Balaban J connectivity index is 1.92. The highest BCUT2D eigenvalue weighted by Gasteiger charge is 2.20. The Morgan fingerprint density at radius 1 is 1.47 bits per heavy atom. The van der Waals surface area contributed by atoms with Gasteiger partial charge in [-0.25, -0.2) is 4.39 Å². The third kappa shape index (κ3) is 2.55. The van der Waals surface area contributed by atoms with Crippen LogP contribution in [-0.4, -0.2) is 42.6 Å². The SMILES string of the molecule is CN1CCNC(Cc2c(Br)[nH]c3c(F)cccc23)C1. The van der Waals surface area contributed by atoms with Crippen LogP contribution in [0.2, 0.25) is 0 Å². The number of hydrogen-bond acceptors (Lipinski definition) is 2. The van der Waals surface area contributed by atoms with Gasteiger partial charge in [-0.15, -0.1) is 0 Å². The number of H-pyrrole nitrogens is 1. The number of likely N-dealkylation sites (N-methyl/N-ethyl adjacent to an activating group) is 1. The molecule has 2 aromatic rings. The maximum Gasteiger partial charge on any atom is 0.147 e. The molecule has 102 valence electrons. The van der Waals surface area contributed by atoms with Crippen LogP contribution in [0, 0.1) is 5.82 Å². The number of nitrogens with zero attached hydrogens (tertiary/aromatic N) is 1. The van der Waals surface area contributed by atoms with Crippen molar-refractivity contribution in [3.63, 3.8) is 0 Å². The van der Waals surface area contributed by atoms with E-state index < -0.39 is 0 Å². The Bertz CT molecular complexity index is 596. The van der Waals surface area contributed by atoms with Crippen molar-refractivity contribution in [1.29, 1.82) is 0 Å². The van der Waals surface area contributed by atoms with Gasteiger partial charge in [0, 0.05) is 31.1 Å². The number of benzene rings is 1. The maximum atomic E-state index is 13.7. The zero-order valence-corrected chi connectivity index (χ0v) is 12.4. The van der Waals surface area contributed by atoms with Crippen LogP contribution in [0.15, 0.2) is 22.8 Å². The molecule has 1 atom stereocenters. The first-order valence-corrected chi connectivity index (χ1v) is 7.31. The molecule has 0 radical (unpaired) electrons. The third-order valence-corrected chi connectivity index (χ3v) is 4.42. The van der Waals surface area contributed by atoms with Crippen molar-refractivity contribution in [1.82, 2.24) is 15.2 Å². The van der Waals surface area contributed by atoms with Gasteiger partial charge >= 0.3 is 0 Å². The molecule has 1 fully saturated rings. The topological polar surface area (TPSA) is 31.1 Å². The minimum absolute atomic E-state index is 0.196. The first-order valence-electron chi connectivity index (χ1n) is 6.51. The number of piperazine rings is 1. The number of aromatic amines is 1. The Labute approximate surface area is 120 Å². The highest BCUT2D eigenvalue weighted by atomic mass is 79.9. The highest BCUT2D eigenvalue weighted by Crippen LogP contribution is 2.29. The normalized spacial score (nSPS) is 21.1. The number of nitrogens with one attached hydrogen (secondary N) is 2. The zero-order chi connectivity index (χ0) is 13.4. The van der Waals surface area contributed by atoms with E-state index in [1.807, 2.05) is 6.07 Å². The van der Waals surface area contributed by atoms with E-state index in [9.17, 15) is 4.39 Å². The van der Waals surface area contributed by atoms with Gasteiger partial charge in [-0.3, -0.25) is 0 Å². The Morgan fingerprint density at radius 3 is 3.11 bits per heavy atom. The van der Waals surface area contributed by atoms with Crippen LogP contribution in [0.4, 0.5) is 4.39 Å². The Morgan fingerprint density at radius 2 is 2.32 bits per heavy atom. The molecule has 0 aliphatic carbocycles. The van der Waals surface area contributed by atoms with E-state index in [0.717, 1.165) is 41.6 Å². The quantitative estimate of drug-likeness (QED) is 0.889. The molecule has 2 N–H and O–H groups in total. The lowest BCUT2D eigenvalue weighted by Crippen LogP contribution is -2.49. The lowest BCUT2D eigenvalue weighted by Gasteiger charge is -2.31. The van der Waals surface area contributed by atoms with Gasteiger partial charge in [-0.05, 0) is 41.0 Å². The van der Waals surface area contributed by atoms with Crippen molar-refractivity contribution in [2.24, 2.45) is 0 Å². The maximum absolute atomic E-state index is 13.7. The molecule has 1 saturated heterocycles. The van der Waals surface area contributed by atoms with Crippen molar-refractivity contribution >= 4 is 26.8 Å². The fraction of sp³-hybridized carbons (Fsp3) is 0.429. The molecular weight excluding hydrogens is 309 g/mol. The van der Waals surface area contributed by atoms with Gasteiger partial charge in [0.15, 0.2) is 0 Å². The monoisotopic (exact) mass is 325 g/mol.